The normalized spacial score (nSPS) is 20.7. The molecule has 8 heteroatoms. The number of hydrogen-bond donors (Lipinski definition) is 1. The molecule has 0 bridgehead atoms. The van der Waals surface area contributed by atoms with E-state index in [0.29, 0.717) is 24.3 Å². The molecule has 138 valence electrons. The molecular weight excluding hydrogens is 350 g/mol. The Kier molecular flexibility index (Phi) is 5.11. The van der Waals surface area contributed by atoms with Gasteiger partial charge in [0, 0.05) is 25.2 Å². The average molecular weight is 367 g/mol. The van der Waals surface area contributed by atoms with Gasteiger partial charge in [0.25, 0.3) is 0 Å². The number of alkyl halides is 3. The number of anilines is 1. The van der Waals surface area contributed by atoms with E-state index in [0.717, 1.165) is 0 Å². The summed E-state index contributed by atoms with van der Waals surface area (Å²) in [6.07, 6.45) is -2.85. The maximum atomic E-state index is 13.2. The van der Waals surface area contributed by atoms with Crippen LogP contribution in [0.25, 0.3) is 0 Å². The van der Waals surface area contributed by atoms with Gasteiger partial charge in [-0.15, -0.1) is 0 Å². The van der Waals surface area contributed by atoms with Gasteiger partial charge in [-0.05, 0) is 36.2 Å². The first-order valence-corrected chi connectivity index (χ1v) is 8.14. The minimum atomic E-state index is -4.96. The highest BCUT2D eigenvalue weighted by molar-refractivity contribution is 5.82. The first-order chi connectivity index (χ1) is 12.3. The largest absolute Gasteiger partial charge is 0.471 e. The number of pyridine rings is 1. The molecule has 1 saturated heterocycles. The highest BCUT2D eigenvalue weighted by atomic mass is 19.4. The predicted octanol–water partition coefficient (Wildman–Crippen LogP) is 3.26. The first kappa shape index (κ1) is 18.2. The van der Waals surface area contributed by atoms with Gasteiger partial charge in [-0.1, -0.05) is 18.2 Å². The summed E-state index contributed by atoms with van der Waals surface area (Å²) in [6.45, 7) is 0.748. The van der Waals surface area contributed by atoms with Gasteiger partial charge in [-0.25, -0.2) is 9.37 Å². The predicted molar refractivity (Wildman–Crippen MR) is 88.2 cm³/mol. The maximum Gasteiger partial charge on any atom is 0.471 e. The van der Waals surface area contributed by atoms with Crippen LogP contribution in [0.3, 0.4) is 0 Å². The summed E-state index contributed by atoms with van der Waals surface area (Å²) in [6, 6.07) is 10.2. The molecule has 3 rings (SSSR count). The van der Waals surface area contributed by atoms with E-state index in [-0.39, 0.29) is 12.5 Å². The summed E-state index contributed by atoms with van der Waals surface area (Å²) < 4.78 is 51.3. The number of aromatic nitrogens is 1. The highest BCUT2D eigenvalue weighted by Gasteiger charge is 2.42. The standard InChI is InChI=1S/C18H17F4N3O/c19-13-6-4-12(5-7-13)14-8-10-25(16-3-1-2-9-23-16)11-15(14)24-17(26)18(20,21)22/h1-7,9,14-15H,8,10-11H2,(H,24,26). The van der Waals surface area contributed by atoms with E-state index in [1.807, 2.05) is 4.90 Å². The number of carbonyl (C=O) groups is 1. The number of nitrogens with one attached hydrogen (secondary N) is 1. The molecule has 2 unspecified atom stereocenters. The van der Waals surface area contributed by atoms with Crippen molar-refractivity contribution >= 4 is 11.7 Å². The summed E-state index contributed by atoms with van der Waals surface area (Å²) in [5.41, 5.74) is 0.694. The smallest absolute Gasteiger partial charge is 0.355 e. The van der Waals surface area contributed by atoms with E-state index in [9.17, 15) is 22.4 Å². The summed E-state index contributed by atoms with van der Waals surface area (Å²) in [5.74, 6) is -2.11. The van der Waals surface area contributed by atoms with Crippen LogP contribution >= 0.6 is 0 Å². The Morgan fingerprint density at radius 3 is 2.50 bits per heavy atom. The van der Waals surface area contributed by atoms with Gasteiger partial charge in [-0.3, -0.25) is 4.79 Å². The number of carbonyl (C=O) groups excluding carboxylic acids is 1. The Bertz CT molecular complexity index is 749. The van der Waals surface area contributed by atoms with Gasteiger partial charge in [-0.2, -0.15) is 13.2 Å². The lowest BCUT2D eigenvalue weighted by Gasteiger charge is -2.39. The molecule has 0 spiro atoms. The van der Waals surface area contributed by atoms with Crippen LogP contribution < -0.4 is 10.2 Å². The Balaban J connectivity index is 1.84. The van der Waals surface area contributed by atoms with Crippen molar-refractivity contribution < 1.29 is 22.4 Å². The lowest BCUT2D eigenvalue weighted by Crippen LogP contribution is -2.54. The van der Waals surface area contributed by atoms with Gasteiger partial charge in [0.1, 0.15) is 11.6 Å². The molecule has 1 fully saturated rings. The Morgan fingerprint density at radius 1 is 1.15 bits per heavy atom. The van der Waals surface area contributed by atoms with E-state index in [2.05, 4.69) is 10.3 Å². The Morgan fingerprint density at radius 2 is 1.88 bits per heavy atom. The van der Waals surface area contributed by atoms with Crippen molar-refractivity contribution in [1.29, 1.82) is 0 Å². The number of halogens is 4. The number of nitrogens with zero attached hydrogens (tertiary/aromatic N) is 2. The van der Waals surface area contributed by atoms with Crippen LogP contribution in [0.5, 0.6) is 0 Å². The molecule has 0 radical (unpaired) electrons. The summed E-state index contributed by atoms with van der Waals surface area (Å²) in [4.78, 5) is 17.5. The van der Waals surface area contributed by atoms with Crippen LogP contribution in [-0.4, -0.2) is 36.2 Å². The van der Waals surface area contributed by atoms with Crippen LogP contribution in [-0.2, 0) is 4.79 Å². The molecule has 2 heterocycles. The molecule has 1 aliphatic rings. The van der Waals surface area contributed by atoms with Gasteiger partial charge in [0.05, 0.1) is 6.04 Å². The van der Waals surface area contributed by atoms with E-state index >= 15 is 0 Å². The van der Waals surface area contributed by atoms with Crippen molar-refractivity contribution in [3.8, 4) is 0 Å². The fraction of sp³-hybridized carbons (Fsp3) is 0.333. The molecule has 1 aromatic carbocycles. The van der Waals surface area contributed by atoms with Gasteiger partial charge in [0.2, 0.25) is 0 Å². The Hall–Kier alpha value is -2.64. The van der Waals surface area contributed by atoms with Crippen molar-refractivity contribution in [3.63, 3.8) is 0 Å². The molecular formula is C18H17F4N3O. The van der Waals surface area contributed by atoms with E-state index in [4.69, 9.17) is 0 Å². The fourth-order valence-electron chi connectivity index (χ4n) is 3.21. The maximum absolute atomic E-state index is 13.2. The zero-order valence-electron chi connectivity index (χ0n) is 13.7. The quantitative estimate of drug-likeness (QED) is 0.847. The molecule has 2 atom stereocenters. The zero-order valence-corrected chi connectivity index (χ0v) is 13.7. The monoisotopic (exact) mass is 367 g/mol. The van der Waals surface area contributed by atoms with Crippen molar-refractivity contribution in [2.24, 2.45) is 0 Å². The van der Waals surface area contributed by atoms with Gasteiger partial charge in [0.15, 0.2) is 0 Å². The molecule has 1 N–H and O–H groups in total. The van der Waals surface area contributed by atoms with Crippen LogP contribution in [0, 0.1) is 5.82 Å². The van der Waals surface area contributed by atoms with Crippen LogP contribution in [0.2, 0.25) is 0 Å². The number of hydrogen-bond acceptors (Lipinski definition) is 3. The van der Waals surface area contributed by atoms with E-state index in [1.165, 1.54) is 12.1 Å². The number of benzene rings is 1. The first-order valence-electron chi connectivity index (χ1n) is 8.14. The average Bonchev–Trinajstić information content (AvgIpc) is 2.62. The third-order valence-corrected chi connectivity index (χ3v) is 4.46. The van der Waals surface area contributed by atoms with Gasteiger partial charge < -0.3 is 10.2 Å². The highest BCUT2D eigenvalue weighted by Crippen LogP contribution is 2.31. The van der Waals surface area contributed by atoms with Crippen molar-refractivity contribution in [3.05, 3.63) is 60.0 Å². The zero-order chi connectivity index (χ0) is 18.7. The molecule has 2 aromatic rings. The van der Waals surface area contributed by atoms with E-state index in [1.54, 1.807) is 36.5 Å². The summed E-state index contributed by atoms with van der Waals surface area (Å²) >= 11 is 0. The second kappa shape index (κ2) is 7.31. The van der Waals surface area contributed by atoms with Crippen molar-refractivity contribution in [2.45, 2.75) is 24.6 Å². The van der Waals surface area contributed by atoms with Crippen LogP contribution in [0.15, 0.2) is 48.7 Å². The minimum absolute atomic E-state index is 0.181. The van der Waals surface area contributed by atoms with Crippen molar-refractivity contribution in [1.82, 2.24) is 10.3 Å². The second-order valence-electron chi connectivity index (χ2n) is 6.16. The summed E-state index contributed by atoms with van der Waals surface area (Å²) in [5, 5.41) is 2.09. The third kappa shape index (κ3) is 4.12. The van der Waals surface area contributed by atoms with Crippen molar-refractivity contribution in [2.75, 3.05) is 18.0 Å². The molecule has 0 aliphatic carbocycles. The molecule has 1 aromatic heterocycles. The van der Waals surface area contributed by atoms with Crippen LogP contribution in [0.1, 0.15) is 17.9 Å². The lowest BCUT2D eigenvalue weighted by molar-refractivity contribution is -0.174. The number of rotatable bonds is 3. The topological polar surface area (TPSA) is 45.2 Å². The lowest BCUT2D eigenvalue weighted by atomic mass is 9.85. The molecule has 1 amide bonds. The number of piperidine rings is 1. The molecule has 26 heavy (non-hydrogen) atoms. The summed E-state index contributed by atoms with van der Waals surface area (Å²) in [7, 11) is 0. The number of amides is 1. The Labute approximate surface area is 147 Å². The van der Waals surface area contributed by atoms with E-state index < -0.39 is 23.9 Å². The van der Waals surface area contributed by atoms with Crippen LogP contribution in [0.4, 0.5) is 23.4 Å². The molecule has 1 aliphatic heterocycles. The molecule has 0 saturated carbocycles. The molecule has 4 nitrogen and oxygen atoms in total. The minimum Gasteiger partial charge on any atom is -0.355 e. The third-order valence-electron chi connectivity index (χ3n) is 4.46. The fourth-order valence-corrected chi connectivity index (χ4v) is 3.21. The SMILES string of the molecule is O=C(NC1CN(c2ccccn2)CCC1c1ccc(F)cc1)C(F)(F)F. The van der Waals surface area contributed by atoms with Gasteiger partial charge >= 0.3 is 12.1 Å². The second-order valence-corrected chi connectivity index (χ2v) is 6.16.